The highest BCUT2D eigenvalue weighted by Crippen LogP contribution is 2.24. The third-order valence-corrected chi connectivity index (χ3v) is 4.46. The van der Waals surface area contributed by atoms with Crippen molar-refractivity contribution in [1.29, 1.82) is 0 Å². The Hall–Kier alpha value is -2.74. The average molecular weight is 345 g/mol. The van der Waals surface area contributed by atoms with Crippen molar-refractivity contribution in [3.63, 3.8) is 0 Å². The standard InChI is InChI=1S/C24H27NO/c1-2-3-10-21-15-17-24(18-16-21)26-20-19-25(22-11-6-4-7-12-22)23-13-8-5-9-14-23/h4-9,11-18H,2-3,10,19-20H2,1H3. The van der Waals surface area contributed by atoms with E-state index in [9.17, 15) is 0 Å². The summed E-state index contributed by atoms with van der Waals surface area (Å²) < 4.78 is 6.00. The Kier molecular flexibility index (Phi) is 6.72. The second-order valence-electron chi connectivity index (χ2n) is 6.42. The van der Waals surface area contributed by atoms with Gasteiger partial charge in [-0.3, -0.25) is 0 Å². The van der Waals surface area contributed by atoms with Gasteiger partial charge in [0.1, 0.15) is 12.4 Å². The van der Waals surface area contributed by atoms with Crippen LogP contribution in [0.25, 0.3) is 0 Å². The number of hydrogen-bond donors (Lipinski definition) is 0. The molecule has 0 aliphatic rings. The topological polar surface area (TPSA) is 12.5 Å². The number of unbranched alkanes of at least 4 members (excludes halogenated alkanes) is 1. The number of aryl methyl sites for hydroxylation is 1. The minimum absolute atomic E-state index is 0.637. The Bertz CT molecular complexity index is 714. The molecule has 0 aromatic heterocycles. The highest BCUT2D eigenvalue weighted by atomic mass is 16.5. The Labute approximate surface area is 157 Å². The van der Waals surface area contributed by atoms with Gasteiger partial charge in [-0.15, -0.1) is 0 Å². The van der Waals surface area contributed by atoms with E-state index in [-0.39, 0.29) is 0 Å². The van der Waals surface area contributed by atoms with Crippen molar-refractivity contribution in [3.8, 4) is 5.75 Å². The molecule has 0 aliphatic carbocycles. The van der Waals surface area contributed by atoms with Gasteiger partial charge in [-0.05, 0) is 54.8 Å². The summed E-state index contributed by atoms with van der Waals surface area (Å²) >= 11 is 0. The molecule has 0 spiro atoms. The molecule has 0 fully saturated rings. The highest BCUT2D eigenvalue weighted by Gasteiger charge is 2.08. The zero-order chi connectivity index (χ0) is 18.0. The molecular weight excluding hydrogens is 318 g/mol. The van der Waals surface area contributed by atoms with E-state index in [4.69, 9.17) is 4.74 Å². The molecule has 0 saturated heterocycles. The third-order valence-electron chi connectivity index (χ3n) is 4.46. The van der Waals surface area contributed by atoms with Crippen LogP contribution in [0.1, 0.15) is 25.3 Å². The molecule has 0 saturated carbocycles. The quantitative estimate of drug-likeness (QED) is 0.455. The number of hydrogen-bond acceptors (Lipinski definition) is 2. The lowest BCUT2D eigenvalue weighted by atomic mass is 10.1. The molecule has 2 nitrogen and oxygen atoms in total. The van der Waals surface area contributed by atoms with Gasteiger partial charge in [0.05, 0.1) is 6.54 Å². The van der Waals surface area contributed by atoms with Crippen molar-refractivity contribution in [3.05, 3.63) is 90.5 Å². The van der Waals surface area contributed by atoms with Gasteiger partial charge in [-0.1, -0.05) is 61.9 Å². The fraction of sp³-hybridized carbons (Fsp3) is 0.250. The lowest BCUT2D eigenvalue weighted by Crippen LogP contribution is -2.23. The summed E-state index contributed by atoms with van der Waals surface area (Å²) in [6.45, 7) is 3.66. The van der Waals surface area contributed by atoms with Gasteiger partial charge in [0.25, 0.3) is 0 Å². The van der Waals surface area contributed by atoms with Crippen LogP contribution in [0.3, 0.4) is 0 Å². The molecule has 0 amide bonds. The number of nitrogens with zero attached hydrogens (tertiary/aromatic N) is 1. The van der Waals surface area contributed by atoms with Gasteiger partial charge in [0.15, 0.2) is 0 Å². The van der Waals surface area contributed by atoms with E-state index < -0.39 is 0 Å². The average Bonchev–Trinajstić information content (AvgIpc) is 2.72. The fourth-order valence-corrected chi connectivity index (χ4v) is 3.01. The maximum Gasteiger partial charge on any atom is 0.119 e. The van der Waals surface area contributed by atoms with Crippen molar-refractivity contribution < 1.29 is 4.74 Å². The fourth-order valence-electron chi connectivity index (χ4n) is 3.01. The van der Waals surface area contributed by atoms with Crippen molar-refractivity contribution in [1.82, 2.24) is 0 Å². The van der Waals surface area contributed by atoms with Crippen LogP contribution in [0.5, 0.6) is 5.75 Å². The monoisotopic (exact) mass is 345 g/mol. The van der Waals surface area contributed by atoms with Crippen molar-refractivity contribution in [2.75, 3.05) is 18.1 Å². The molecule has 0 radical (unpaired) electrons. The van der Waals surface area contributed by atoms with E-state index in [0.717, 1.165) is 18.7 Å². The molecule has 0 aliphatic heterocycles. The molecule has 0 atom stereocenters. The maximum atomic E-state index is 6.00. The van der Waals surface area contributed by atoms with E-state index in [0.29, 0.717) is 6.61 Å². The Morgan fingerprint density at radius 3 is 1.85 bits per heavy atom. The first-order valence-electron chi connectivity index (χ1n) is 9.46. The SMILES string of the molecule is CCCCc1ccc(OCCN(c2ccccc2)c2ccccc2)cc1. The summed E-state index contributed by atoms with van der Waals surface area (Å²) in [6, 6.07) is 29.4. The molecule has 3 aromatic rings. The summed E-state index contributed by atoms with van der Waals surface area (Å²) in [5, 5.41) is 0. The van der Waals surface area contributed by atoms with Crippen LogP contribution >= 0.6 is 0 Å². The van der Waals surface area contributed by atoms with Crippen LogP contribution in [0.2, 0.25) is 0 Å². The minimum atomic E-state index is 0.637. The van der Waals surface area contributed by atoms with Gasteiger partial charge in [0.2, 0.25) is 0 Å². The predicted octanol–water partition coefficient (Wildman–Crippen LogP) is 6.25. The second-order valence-corrected chi connectivity index (χ2v) is 6.42. The lowest BCUT2D eigenvalue weighted by Gasteiger charge is -2.25. The van der Waals surface area contributed by atoms with Gasteiger partial charge in [0, 0.05) is 11.4 Å². The summed E-state index contributed by atoms with van der Waals surface area (Å²) in [5.74, 6) is 0.936. The van der Waals surface area contributed by atoms with Crippen LogP contribution in [0.4, 0.5) is 11.4 Å². The molecule has 0 N–H and O–H groups in total. The highest BCUT2D eigenvalue weighted by molar-refractivity contribution is 5.62. The summed E-state index contributed by atoms with van der Waals surface area (Å²) in [6.07, 6.45) is 3.61. The maximum absolute atomic E-state index is 6.00. The number of para-hydroxylation sites is 2. The zero-order valence-corrected chi connectivity index (χ0v) is 15.5. The first kappa shape index (κ1) is 18.1. The lowest BCUT2D eigenvalue weighted by molar-refractivity contribution is 0.327. The summed E-state index contributed by atoms with van der Waals surface area (Å²) in [7, 11) is 0. The Morgan fingerprint density at radius 2 is 1.31 bits per heavy atom. The molecule has 3 aromatic carbocycles. The smallest absolute Gasteiger partial charge is 0.119 e. The molecule has 0 heterocycles. The Balaban J connectivity index is 1.61. The molecule has 134 valence electrons. The van der Waals surface area contributed by atoms with Crippen molar-refractivity contribution in [2.24, 2.45) is 0 Å². The summed E-state index contributed by atoms with van der Waals surface area (Å²) in [4.78, 5) is 2.29. The zero-order valence-electron chi connectivity index (χ0n) is 15.5. The van der Waals surface area contributed by atoms with Gasteiger partial charge in [-0.2, -0.15) is 0 Å². The predicted molar refractivity (Wildman–Crippen MR) is 110 cm³/mol. The van der Waals surface area contributed by atoms with Crippen LogP contribution in [0.15, 0.2) is 84.9 Å². The van der Waals surface area contributed by atoms with Gasteiger partial charge < -0.3 is 9.64 Å². The van der Waals surface area contributed by atoms with E-state index in [2.05, 4.69) is 84.6 Å². The van der Waals surface area contributed by atoms with E-state index in [1.165, 1.54) is 29.8 Å². The van der Waals surface area contributed by atoms with Gasteiger partial charge >= 0.3 is 0 Å². The normalized spacial score (nSPS) is 10.5. The van der Waals surface area contributed by atoms with Crippen LogP contribution in [-0.2, 0) is 6.42 Å². The molecule has 26 heavy (non-hydrogen) atoms. The Morgan fingerprint density at radius 1 is 0.731 bits per heavy atom. The molecular formula is C24H27NO. The number of ether oxygens (including phenoxy) is 1. The second kappa shape index (κ2) is 9.67. The molecule has 0 unspecified atom stereocenters. The van der Waals surface area contributed by atoms with Crippen LogP contribution in [-0.4, -0.2) is 13.2 Å². The third kappa shape index (κ3) is 5.13. The van der Waals surface area contributed by atoms with Crippen molar-refractivity contribution in [2.45, 2.75) is 26.2 Å². The van der Waals surface area contributed by atoms with Crippen molar-refractivity contribution >= 4 is 11.4 Å². The first-order valence-corrected chi connectivity index (χ1v) is 9.46. The van der Waals surface area contributed by atoms with E-state index >= 15 is 0 Å². The van der Waals surface area contributed by atoms with Crippen LogP contribution in [0, 0.1) is 0 Å². The number of rotatable bonds is 9. The molecule has 0 bridgehead atoms. The van der Waals surface area contributed by atoms with Gasteiger partial charge in [-0.25, -0.2) is 0 Å². The largest absolute Gasteiger partial charge is 0.492 e. The summed E-state index contributed by atoms with van der Waals surface area (Å²) in [5.41, 5.74) is 3.74. The molecule has 2 heteroatoms. The molecule has 3 rings (SSSR count). The first-order chi connectivity index (χ1) is 12.9. The number of benzene rings is 3. The van der Waals surface area contributed by atoms with E-state index in [1.807, 2.05) is 12.1 Å². The minimum Gasteiger partial charge on any atom is -0.492 e. The van der Waals surface area contributed by atoms with Crippen LogP contribution < -0.4 is 9.64 Å². The number of anilines is 2. The van der Waals surface area contributed by atoms with E-state index in [1.54, 1.807) is 0 Å².